The van der Waals surface area contributed by atoms with Crippen LogP contribution in [0.25, 0.3) is 0 Å². The zero-order valence-electron chi connectivity index (χ0n) is 20.5. The van der Waals surface area contributed by atoms with E-state index in [0.29, 0.717) is 16.7 Å². The van der Waals surface area contributed by atoms with Crippen LogP contribution in [0.4, 0.5) is 16.2 Å². The van der Waals surface area contributed by atoms with Gasteiger partial charge >= 0.3 is 6.03 Å². The van der Waals surface area contributed by atoms with E-state index in [0.717, 1.165) is 11.4 Å². The number of hydrogen-bond acceptors (Lipinski definition) is 9. The lowest BCUT2D eigenvalue weighted by atomic mass is 9.95. The molecule has 2 N–H and O–H groups in total. The molecule has 4 rings (SSSR count). The van der Waals surface area contributed by atoms with E-state index in [1.165, 1.54) is 7.11 Å². The number of ether oxygens (including phenoxy) is 3. The molecule has 0 atom stereocenters. The maximum atomic E-state index is 12.6. The first-order valence-electron chi connectivity index (χ1n) is 11.5. The molecule has 12 heteroatoms. The Morgan fingerprint density at radius 3 is 2.05 bits per heavy atom. The average Bonchev–Trinajstić information content (AvgIpc) is 2.91. The molecule has 0 spiro atoms. The first-order valence-corrected chi connectivity index (χ1v) is 11.9. The van der Waals surface area contributed by atoms with Crippen molar-refractivity contribution in [3.8, 4) is 17.2 Å². The van der Waals surface area contributed by atoms with Gasteiger partial charge in [-0.2, -0.15) is 5.10 Å². The molecule has 0 aliphatic carbocycles. The highest BCUT2D eigenvalue weighted by molar-refractivity contribution is 6.29. The van der Waals surface area contributed by atoms with Gasteiger partial charge in [-0.1, -0.05) is 11.6 Å². The van der Waals surface area contributed by atoms with Gasteiger partial charge in [0.2, 0.25) is 0 Å². The number of barbiturate groups is 1. The number of anilines is 2. The van der Waals surface area contributed by atoms with Gasteiger partial charge in [-0.05, 0) is 67.6 Å². The monoisotopic (exact) mass is 537 g/mol. The fraction of sp³-hybridized carbons (Fsp3) is 0.192. The Morgan fingerprint density at radius 2 is 1.50 bits per heavy atom. The molecule has 2 heterocycles. The van der Waals surface area contributed by atoms with Crippen LogP contribution in [0, 0.1) is 0 Å². The third kappa shape index (κ3) is 5.90. The number of aromatic nitrogens is 1. The van der Waals surface area contributed by atoms with Gasteiger partial charge in [-0.3, -0.25) is 20.2 Å². The zero-order chi connectivity index (χ0) is 27.1. The van der Waals surface area contributed by atoms with Crippen molar-refractivity contribution in [2.75, 3.05) is 18.7 Å². The van der Waals surface area contributed by atoms with Gasteiger partial charge in [-0.25, -0.2) is 14.8 Å². The standard InChI is InChI=1S/C26H24ClN5O6/c1-3-29-32(18-6-13-22(27)28-16-18)17-4-7-19(8-5-17)37-20-9-11-21(12-10-20)38-26(14-15-36-2)23(33)30-25(35)31-24(26)34/h3-13,16H,14-15H2,1-2H3,(H2,30,31,33,34,35)/b29-3-. The van der Waals surface area contributed by atoms with Crippen LogP contribution in [0.3, 0.4) is 0 Å². The van der Waals surface area contributed by atoms with Gasteiger partial charge in [0, 0.05) is 19.7 Å². The van der Waals surface area contributed by atoms with E-state index < -0.39 is 23.4 Å². The van der Waals surface area contributed by atoms with E-state index in [-0.39, 0.29) is 18.8 Å². The van der Waals surface area contributed by atoms with E-state index >= 15 is 0 Å². The molecule has 0 saturated carbocycles. The number of hydrazone groups is 1. The lowest BCUT2D eigenvalue weighted by Gasteiger charge is -2.34. The minimum Gasteiger partial charge on any atom is -0.467 e. The molecule has 1 saturated heterocycles. The molecule has 4 amide bonds. The highest BCUT2D eigenvalue weighted by Crippen LogP contribution is 2.31. The van der Waals surface area contributed by atoms with Crippen LogP contribution in [0.15, 0.2) is 72.0 Å². The molecule has 1 aliphatic heterocycles. The minimum atomic E-state index is -1.95. The van der Waals surface area contributed by atoms with Crippen LogP contribution >= 0.6 is 11.6 Å². The summed E-state index contributed by atoms with van der Waals surface area (Å²) in [5, 5.41) is 10.6. The quantitative estimate of drug-likeness (QED) is 0.170. The first-order chi connectivity index (χ1) is 18.3. The molecule has 1 aromatic heterocycles. The number of amides is 4. The molecule has 11 nitrogen and oxygen atoms in total. The predicted octanol–water partition coefficient (Wildman–Crippen LogP) is 4.19. The number of carbonyl (C=O) groups excluding carboxylic acids is 3. The van der Waals surface area contributed by atoms with Gasteiger partial charge in [0.25, 0.3) is 17.4 Å². The molecule has 0 unspecified atom stereocenters. The SMILES string of the molecule is C/C=N\N(c1ccc(Oc2ccc(OC3(CCOC)C(=O)NC(=O)NC3=O)cc2)cc1)c1ccc(Cl)nc1. The average molecular weight is 538 g/mol. The molecule has 0 radical (unpaired) electrons. The van der Waals surface area contributed by atoms with E-state index in [4.69, 9.17) is 25.8 Å². The molecule has 1 aliphatic rings. The molecular weight excluding hydrogens is 514 g/mol. The number of carbonyl (C=O) groups is 3. The number of pyridine rings is 1. The van der Waals surface area contributed by atoms with Crippen LogP contribution < -0.4 is 25.1 Å². The number of benzene rings is 2. The highest BCUT2D eigenvalue weighted by atomic mass is 35.5. The van der Waals surface area contributed by atoms with Crippen LogP contribution in [0.1, 0.15) is 13.3 Å². The second kappa shape index (κ2) is 11.7. The number of nitrogens with zero attached hydrogens (tertiary/aromatic N) is 3. The summed E-state index contributed by atoms with van der Waals surface area (Å²) in [5.41, 5.74) is -0.425. The number of urea groups is 1. The second-order valence-electron chi connectivity index (χ2n) is 8.00. The van der Waals surface area contributed by atoms with Crippen molar-refractivity contribution in [2.45, 2.75) is 18.9 Å². The Labute approximate surface area is 223 Å². The van der Waals surface area contributed by atoms with Crippen LogP contribution in [0.5, 0.6) is 17.2 Å². The topological polar surface area (TPSA) is 131 Å². The normalized spacial score (nSPS) is 14.7. The van der Waals surface area contributed by atoms with E-state index in [1.807, 2.05) is 25.1 Å². The Hall–Kier alpha value is -4.48. The van der Waals surface area contributed by atoms with Gasteiger partial charge in [0.15, 0.2) is 0 Å². The van der Waals surface area contributed by atoms with Crippen LogP contribution in [-0.2, 0) is 14.3 Å². The molecular formula is C26H24ClN5O6. The molecule has 2 aromatic carbocycles. The summed E-state index contributed by atoms with van der Waals surface area (Å²) in [6, 6.07) is 16.2. The van der Waals surface area contributed by atoms with Crippen molar-refractivity contribution < 1.29 is 28.6 Å². The van der Waals surface area contributed by atoms with E-state index in [1.54, 1.807) is 59.9 Å². The summed E-state index contributed by atoms with van der Waals surface area (Å²) in [6.07, 6.45) is 3.20. The summed E-state index contributed by atoms with van der Waals surface area (Å²) in [7, 11) is 1.43. The fourth-order valence-electron chi connectivity index (χ4n) is 3.62. The predicted molar refractivity (Wildman–Crippen MR) is 140 cm³/mol. The summed E-state index contributed by atoms with van der Waals surface area (Å²) < 4.78 is 16.7. The minimum absolute atomic E-state index is 0.0573. The molecule has 38 heavy (non-hydrogen) atoms. The van der Waals surface area contributed by atoms with Crippen molar-refractivity contribution in [3.63, 3.8) is 0 Å². The maximum Gasteiger partial charge on any atom is 0.328 e. The Morgan fingerprint density at radius 1 is 0.921 bits per heavy atom. The number of halogens is 1. The van der Waals surface area contributed by atoms with E-state index in [9.17, 15) is 14.4 Å². The van der Waals surface area contributed by atoms with Gasteiger partial charge < -0.3 is 14.2 Å². The summed E-state index contributed by atoms with van der Waals surface area (Å²) >= 11 is 5.90. The number of imide groups is 2. The van der Waals surface area contributed by atoms with Crippen molar-refractivity contribution in [2.24, 2.45) is 5.10 Å². The highest BCUT2D eigenvalue weighted by Gasteiger charge is 2.52. The third-order valence-electron chi connectivity index (χ3n) is 5.47. The zero-order valence-corrected chi connectivity index (χ0v) is 21.3. The Bertz CT molecular complexity index is 1310. The van der Waals surface area contributed by atoms with Crippen LogP contribution in [-0.4, -0.2) is 48.4 Å². The fourth-order valence-corrected chi connectivity index (χ4v) is 3.73. The first kappa shape index (κ1) is 26.6. The lowest BCUT2D eigenvalue weighted by molar-refractivity contribution is -0.153. The molecule has 0 bridgehead atoms. The number of nitrogens with one attached hydrogen (secondary N) is 2. The number of methoxy groups -OCH3 is 1. The van der Waals surface area contributed by atoms with Gasteiger partial charge in [-0.15, -0.1) is 0 Å². The number of rotatable bonds is 10. The maximum absolute atomic E-state index is 12.6. The second-order valence-corrected chi connectivity index (χ2v) is 8.39. The summed E-state index contributed by atoms with van der Waals surface area (Å²) in [5.74, 6) is -0.431. The lowest BCUT2D eigenvalue weighted by Crippen LogP contribution is -2.69. The summed E-state index contributed by atoms with van der Waals surface area (Å²) in [6.45, 7) is 1.87. The molecule has 196 valence electrons. The smallest absolute Gasteiger partial charge is 0.328 e. The Kier molecular flexibility index (Phi) is 8.19. The largest absolute Gasteiger partial charge is 0.467 e. The van der Waals surface area contributed by atoms with Crippen molar-refractivity contribution in [1.29, 1.82) is 0 Å². The molecule has 1 fully saturated rings. The van der Waals surface area contributed by atoms with Crippen LogP contribution in [0.2, 0.25) is 5.15 Å². The van der Waals surface area contributed by atoms with E-state index in [2.05, 4.69) is 20.7 Å². The number of hydrogen-bond donors (Lipinski definition) is 2. The van der Waals surface area contributed by atoms with Gasteiger partial charge in [0.05, 0.1) is 24.2 Å². The van der Waals surface area contributed by atoms with Crippen molar-refractivity contribution >= 4 is 47.0 Å². The summed E-state index contributed by atoms with van der Waals surface area (Å²) in [4.78, 5) is 40.7. The third-order valence-corrected chi connectivity index (χ3v) is 5.69. The molecule has 3 aromatic rings. The van der Waals surface area contributed by atoms with Gasteiger partial charge in [0.1, 0.15) is 22.4 Å². The van der Waals surface area contributed by atoms with Crippen molar-refractivity contribution in [1.82, 2.24) is 15.6 Å². The Balaban J connectivity index is 1.47. The van der Waals surface area contributed by atoms with Crippen molar-refractivity contribution in [3.05, 3.63) is 72.0 Å².